The summed E-state index contributed by atoms with van der Waals surface area (Å²) in [6.07, 6.45) is 4.47. The number of amides is 2. The van der Waals surface area contributed by atoms with Crippen molar-refractivity contribution in [2.75, 3.05) is 13.2 Å². The number of nitrogens with zero attached hydrogens (tertiary/aromatic N) is 1. The zero-order chi connectivity index (χ0) is 12.8. The number of carbonyl (C=O) groups is 2. The van der Waals surface area contributed by atoms with Crippen LogP contribution >= 0.6 is 0 Å². The van der Waals surface area contributed by atoms with E-state index < -0.39 is 5.79 Å². The topological polar surface area (TPSA) is 55.8 Å². The average Bonchev–Trinajstić information content (AvgIpc) is 2.89. The minimum Gasteiger partial charge on any atom is -0.348 e. The van der Waals surface area contributed by atoms with Gasteiger partial charge in [0.2, 0.25) is 0 Å². The summed E-state index contributed by atoms with van der Waals surface area (Å²) < 4.78 is 11.3. The fraction of sp³-hybridized carbons (Fsp3) is 0.692. The lowest BCUT2D eigenvalue weighted by molar-refractivity contribution is -0.185. The molecular weight excluding hydrogens is 234 g/mol. The standard InChI is InChI=1S/C13H17NO4/c1-9-8-11(15)14(12(9)16)10-2-4-13(5-3-10)17-6-7-18-13/h8,10H,2-7H2,1H3. The monoisotopic (exact) mass is 251 g/mol. The van der Waals surface area contributed by atoms with Gasteiger partial charge in [-0.1, -0.05) is 0 Å². The van der Waals surface area contributed by atoms with Crippen molar-refractivity contribution in [3.63, 3.8) is 0 Å². The number of ether oxygens (including phenoxy) is 2. The van der Waals surface area contributed by atoms with Crippen LogP contribution in [0, 0.1) is 0 Å². The van der Waals surface area contributed by atoms with Gasteiger partial charge in [0.25, 0.3) is 11.8 Å². The lowest BCUT2D eigenvalue weighted by Crippen LogP contribution is -2.46. The number of imide groups is 1. The highest BCUT2D eigenvalue weighted by atomic mass is 16.7. The second-order valence-electron chi connectivity index (χ2n) is 5.18. The predicted octanol–water partition coefficient (Wildman–Crippen LogP) is 0.987. The van der Waals surface area contributed by atoms with E-state index in [1.807, 2.05) is 0 Å². The van der Waals surface area contributed by atoms with E-state index in [9.17, 15) is 9.59 Å². The molecule has 0 bridgehead atoms. The molecule has 5 heteroatoms. The molecule has 3 rings (SSSR count). The number of hydrogen-bond acceptors (Lipinski definition) is 4. The molecule has 18 heavy (non-hydrogen) atoms. The van der Waals surface area contributed by atoms with E-state index in [4.69, 9.17) is 9.47 Å². The Morgan fingerprint density at radius 1 is 1.22 bits per heavy atom. The second-order valence-corrected chi connectivity index (χ2v) is 5.18. The molecule has 2 aliphatic heterocycles. The van der Waals surface area contributed by atoms with E-state index in [0.29, 0.717) is 18.8 Å². The molecule has 0 unspecified atom stereocenters. The van der Waals surface area contributed by atoms with Crippen molar-refractivity contribution in [3.8, 4) is 0 Å². The van der Waals surface area contributed by atoms with Gasteiger partial charge in [0.15, 0.2) is 5.79 Å². The van der Waals surface area contributed by atoms with E-state index in [-0.39, 0.29) is 17.9 Å². The van der Waals surface area contributed by atoms with Crippen LogP contribution in [0.3, 0.4) is 0 Å². The third kappa shape index (κ3) is 1.78. The Hall–Kier alpha value is -1.20. The SMILES string of the molecule is CC1=CC(=O)N(C2CCC3(CC2)OCCO3)C1=O. The molecule has 98 valence electrons. The van der Waals surface area contributed by atoms with Gasteiger partial charge in [-0.3, -0.25) is 14.5 Å². The van der Waals surface area contributed by atoms with E-state index in [0.717, 1.165) is 25.7 Å². The molecule has 1 saturated heterocycles. The molecule has 0 aromatic heterocycles. The van der Waals surface area contributed by atoms with E-state index in [2.05, 4.69) is 0 Å². The van der Waals surface area contributed by atoms with Gasteiger partial charge in [-0.15, -0.1) is 0 Å². The Bertz CT molecular complexity index is 413. The summed E-state index contributed by atoms with van der Waals surface area (Å²) in [6, 6.07) is -0.00266. The van der Waals surface area contributed by atoms with Gasteiger partial charge in [-0.25, -0.2) is 0 Å². The quantitative estimate of drug-likeness (QED) is 0.652. The Kier molecular flexibility index (Phi) is 2.75. The highest BCUT2D eigenvalue weighted by molar-refractivity contribution is 6.16. The van der Waals surface area contributed by atoms with Crippen LogP contribution in [0.1, 0.15) is 32.6 Å². The fourth-order valence-corrected chi connectivity index (χ4v) is 3.04. The fourth-order valence-electron chi connectivity index (χ4n) is 3.04. The average molecular weight is 251 g/mol. The largest absolute Gasteiger partial charge is 0.348 e. The molecule has 0 atom stereocenters. The van der Waals surface area contributed by atoms with E-state index in [1.54, 1.807) is 6.92 Å². The molecule has 1 saturated carbocycles. The van der Waals surface area contributed by atoms with Gasteiger partial charge < -0.3 is 9.47 Å². The van der Waals surface area contributed by atoms with Crippen molar-refractivity contribution >= 4 is 11.8 Å². The lowest BCUT2D eigenvalue weighted by atomic mass is 9.89. The minimum atomic E-state index is -0.440. The van der Waals surface area contributed by atoms with Crippen LogP contribution in [0.5, 0.6) is 0 Å². The van der Waals surface area contributed by atoms with Gasteiger partial charge >= 0.3 is 0 Å². The van der Waals surface area contributed by atoms with Gasteiger partial charge in [0.1, 0.15) is 0 Å². The molecule has 0 radical (unpaired) electrons. The lowest BCUT2D eigenvalue weighted by Gasteiger charge is -2.38. The van der Waals surface area contributed by atoms with Crippen LogP contribution in [0.25, 0.3) is 0 Å². The highest BCUT2D eigenvalue weighted by Gasteiger charge is 2.44. The van der Waals surface area contributed by atoms with E-state index in [1.165, 1.54) is 11.0 Å². The van der Waals surface area contributed by atoms with Crippen molar-refractivity contribution in [1.82, 2.24) is 4.90 Å². The number of rotatable bonds is 1. The Labute approximate surface area is 106 Å². The molecular formula is C13H17NO4. The van der Waals surface area contributed by atoms with Crippen molar-refractivity contribution in [2.45, 2.75) is 44.4 Å². The molecule has 0 aromatic carbocycles. The summed E-state index contributed by atoms with van der Waals surface area (Å²) in [5, 5.41) is 0. The summed E-state index contributed by atoms with van der Waals surface area (Å²) in [4.78, 5) is 25.1. The van der Waals surface area contributed by atoms with Crippen molar-refractivity contribution in [1.29, 1.82) is 0 Å². The minimum absolute atomic E-state index is 0.00266. The Balaban J connectivity index is 1.67. The summed E-state index contributed by atoms with van der Waals surface area (Å²) >= 11 is 0. The van der Waals surface area contributed by atoms with Crippen LogP contribution < -0.4 is 0 Å². The molecule has 1 spiro atoms. The first-order valence-corrected chi connectivity index (χ1v) is 6.45. The van der Waals surface area contributed by atoms with Crippen LogP contribution in [-0.4, -0.2) is 41.8 Å². The van der Waals surface area contributed by atoms with Gasteiger partial charge in [0, 0.05) is 30.5 Å². The molecule has 2 heterocycles. The molecule has 2 fully saturated rings. The first-order valence-electron chi connectivity index (χ1n) is 6.45. The number of carbonyl (C=O) groups excluding carboxylic acids is 2. The molecule has 1 aliphatic carbocycles. The second kappa shape index (κ2) is 4.17. The highest BCUT2D eigenvalue weighted by Crippen LogP contribution is 2.38. The summed E-state index contributed by atoms with van der Waals surface area (Å²) in [5.74, 6) is -0.758. The predicted molar refractivity (Wildman–Crippen MR) is 62.5 cm³/mol. The first kappa shape index (κ1) is 11.9. The van der Waals surface area contributed by atoms with Gasteiger partial charge in [-0.2, -0.15) is 0 Å². The van der Waals surface area contributed by atoms with Crippen LogP contribution in [-0.2, 0) is 19.1 Å². The zero-order valence-electron chi connectivity index (χ0n) is 10.5. The molecule has 0 aromatic rings. The Morgan fingerprint density at radius 2 is 1.83 bits per heavy atom. The molecule has 2 amide bonds. The first-order chi connectivity index (χ1) is 8.61. The smallest absolute Gasteiger partial charge is 0.256 e. The van der Waals surface area contributed by atoms with Gasteiger partial charge in [0.05, 0.1) is 13.2 Å². The van der Waals surface area contributed by atoms with Crippen LogP contribution in [0.15, 0.2) is 11.6 Å². The molecule has 0 N–H and O–H groups in total. The zero-order valence-corrected chi connectivity index (χ0v) is 10.5. The normalized spacial score (nSPS) is 28.3. The van der Waals surface area contributed by atoms with Gasteiger partial charge in [-0.05, 0) is 19.8 Å². The third-order valence-electron chi connectivity index (χ3n) is 4.03. The maximum absolute atomic E-state index is 11.9. The summed E-state index contributed by atoms with van der Waals surface area (Å²) in [6.45, 7) is 2.98. The van der Waals surface area contributed by atoms with Crippen molar-refractivity contribution in [3.05, 3.63) is 11.6 Å². The number of hydrogen-bond donors (Lipinski definition) is 0. The summed E-state index contributed by atoms with van der Waals surface area (Å²) in [7, 11) is 0. The van der Waals surface area contributed by atoms with Crippen LogP contribution in [0.4, 0.5) is 0 Å². The Morgan fingerprint density at radius 3 is 2.33 bits per heavy atom. The third-order valence-corrected chi connectivity index (χ3v) is 4.03. The van der Waals surface area contributed by atoms with Crippen molar-refractivity contribution < 1.29 is 19.1 Å². The maximum atomic E-state index is 11.9. The van der Waals surface area contributed by atoms with Crippen molar-refractivity contribution in [2.24, 2.45) is 0 Å². The molecule has 3 aliphatic rings. The molecule has 5 nitrogen and oxygen atoms in total. The summed E-state index contributed by atoms with van der Waals surface area (Å²) in [5.41, 5.74) is 0.536. The maximum Gasteiger partial charge on any atom is 0.256 e. The van der Waals surface area contributed by atoms with E-state index >= 15 is 0 Å². The van der Waals surface area contributed by atoms with Crippen LogP contribution in [0.2, 0.25) is 0 Å².